The summed E-state index contributed by atoms with van der Waals surface area (Å²) in [5, 5.41) is 0. The molecular formula is C19H19NO4S. The van der Waals surface area contributed by atoms with Gasteiger partial charge in [0.15, 0.2) is 9.84 Å². The number of benzene rings is 2. The van der Waals surface area contributed by atoms with Crippen molar-refractivity contribution in [2.24, 2.45) is 0 Å². The average molecular weight is 357 g/mol. The lowest BCUT2D eigenvalue weighted by Gasteiger charge is -2.28. The molecule has 25 heavy (non-hydrogen) atoms. The van der Waals surface area contributed by atoms with Gasteiger partial charge in [-0.1, -0.05) is 30.3 Å². The van der Waals surface area contributed by atoms with Gasteiger partial charge < -0.3 is 9.64 Å². The third kappa shape index (κ3) is 2.61. The van der Waals surface area contributed by atoms with Gasteiger partial charge >= 0.3 is 0 Å². The number of amides is 1. The van der Waals surface area contributed by atoms with Gasteiger partial charge in [-0.15, -0.1) is 0 Å². The smallest absolute Gasteiger partial charge is 0.230 e. The number of fused-ring (bicyclic) bond motifs is 2. The van der Waals surface area contributed by atoms with E-state index in [1.807, 2.05) is 18.2 Å². The largest absolute Gasteiger partial charge is 0.496 e. The van der Waals surface area contributed by atoms with Gasteiger partial charge in [0.25, 0.3) is 0 Å². The number of carbonyl (C=O) groups is 1. The number of hydrogen-bond donors (Lipinski definition) is 0. The molecule has 1 unspecified atom stereocenters. The zero-order valence-electron chi connectivity index (χ0n) is 13.9. The topological polar surface area (TPSA) is 63.7 Å². The molecule has 1 atom stereocenters. The van der Waals surface area contributed by atoms with Crippen LogP contribution in [0.25, 0.3) is 0 Å². The summed E-state index contributed by atoms with van der Waals surface area (Å²) in [5.41, 5.74) is 2.75. The van der Waals surface area contributed by atoms with Gasteiger partial charge in [0.2, 0.25) is 5.91 Å². The van der Waals surface area contributed by atoms with Crippen molar-refractivity contribution >= 4 is 15.7 Å². The average Bonchev–Trinajstić information content (AvgIpc) is 3.06. The standard InChI is InChI=1S/C19H19NO4S/c1-24-17-7-4-5-13-11-20(12-16(13)17)19(21)15-9-10-25(22,23)18-8-3-2-6-14(15)18/h2-8,15H,9-12H2,1H3. The summed E-state index contributed by atoms with van der Waals surface area (Å²) >= 11 is 0. The molecular weight excluding hydrogens is 338 g/mol. The molecule has 2 aliphatic heterocycles. The number of sulfone groups is 1. The Bertz CT molecular complexity index is 952. The van der Waals surface area contributed by atoms with Crippen molar-refractivity contribution in [1.29, 1.82) is 0 Å². The number of hydrogen-bond acceptors (Lipinski definition) is 4. The summed E-state index contributed by atoms with van der Waals surface area (Å²) in [7, 11) is -1.66. The van der Waals surface area contributed by atoms with Gasteiger partial charge in [-0.2, -0.15) is 0 Å². The van der Waals surface area contributed by atoms with Crippen LogP contribution in [-0.4, -0.2) is 32.1 Å². The summed E-state index contributed by atoms with van der Waals surface area (Å²) in [4.78, 5) is 15.2. The third-order valence-electron chi connectivity index (χ3n) is 5.07. The van der Waals surface area contributed by atoms with Crippen molar-refractivity contribution in [1.82, 2.24) is 4.90 Å². The molecule has 2 aromatic rings. The van der Waals surface area contributed by atoms with Crippen LogP contribution in [0.3, 0.4) is 0 Å². The number of nitrogens with zero attached hydrogens (tertiary/aromatic N) is 1. The molecule has 1 amide bonds. The van der Waals surface area contributed by atoms with Crippen molar-refractivity contribution in [3.05, 3.63) is 59.2 Å². The Kier molecular flexibility index (Phi) is 3.80. The summed E-state index contributed by atoms with van der Waals surface area (Å²) in [6.45, 7) is 1.04. The lowest BCUT2D eigenvalue weighted by Crippen LogP contribution is -2.34. The van der Waals surface area contributed by atoms with E-state index in [2.05, 4.69) is 0 Å². The van der Waals surface area contributed by atoms with Crippen LogP contribution >= 0.6 is 0 Å². The van der Waals surface area contributed by atoms with Crippen LogP contribution in [0.4, 0.5) is 0 Å². The van der Waals surface area contributed by atoms with Crippen LogP contribution in [0, 0.1) is 0 Å². The lowest BCUT2D eigenvalue weighted by molar-refractivity contribution is -0.133. The molecule has 0 N–H and O–H groups in total. The Labute approximate surface area is 147 Å². The molecule has 0 aromatic heterocycles. The molecule has 0 fully saturated rings. The van der Waals surface area contributed by atoms with E-state index in [1.165, 1.54) is 0 Å². The number of carbonyl (C=O) groups excluding carboxylic acids is 1. The highest BCUT2D eigenvalue weighted by molar-refractivity contribution is 7.91. The third-order valence-corrected chi connectivity index (χ3v) is 6.89. The molecule has 5 nitrogen and oxygen atoms in total. The second-order valence-corrected chi connectivity index (χ2v) is 8.57. The maximum absolute atomic E-state index is 13.1. The zero-order chi connectivity index (χ0) is 17.6. The molecule has 4 rings (SSSR count). The molecule has 2 heterocycles. The molecule has 2 aliphatic rings. The summed E-state index contributed by atoms with van der Waals surface area (Å²) in [6, 6.07) is 12.7. The van der Waals surface area contributed by atoms with E-state index in [0.29, 0.717) is 30.0 Å². The lowest BCUT2D eigenvalue weighted by atomic mass is 9.94. The molecule has 0 spiro atoms. The fourth-order valence-electron chi connectivity index (χ4n) is 3.81. The van der Waals surface area contributed by atoms with Crippen LogP contribution in [0.2, 0.25) is 0 Å². The molecule has 130 valence electrons. The predicted octanol–water partition coefficient (Wildman–Crippen LogP) is 2.50. The van der Waals surface area contributed by atoms with E-state index in [4.69, 9.17) is 4.74 Å². The first-order valence-corrected chi connectivity index (χ1v) is 9.92. The minimum Gasteiger partial charge on any atom is -0.496 e. The van der Waals surface area contributed by atoms with E-state index in [-0.39, 0.29) is 11.7 Å². The number of methoxy groups -OCH3 is 1. The fourth-order valence-corrected chi connectivity index (χ4v) is 5.43. The number of rotatable bonds is 2. The maximum atomic E-state index is 13.1. The first kappa shape index (κ1) is 16.1. The van der Waals surface area contributed by atoms with Gasteiger partial charge in [-0.25, -0.2) is 8.42 Å². The highest BCUT2D eigenvalue weighted by atomic mass is 32.2. The van der Waals surface area contributed by atoms with Gasteiger partial charge in [-0.3, -0.25) is 4.79 Å². The SMILES string of the molecule is COc1cccc2c1CN(C(=O)C1CCS(=O)(=O)c3ccccc31)C2. The van der Waals surface area contributed by atoms with Gasteiger partial charge in [-0.05, 0) is 29.7 Å². The van der Waals surface area contributed by atoms with Gasteiger partial charge in [0, 0.05) is 12.1 Å². The normalized spacial score (nSPS) is 20.7. The summed E-state index contributed by atoms with van der Waals surface area (Å²) < 4.78 is 30.0. The number of ether oxygens (including phenoxy) is 1. The monoisotopic (exact) mass is 357 g/mol. The Morgan fingerprint density at radius 2 is 1.92 bits per heavy atom. The minimum atomic E-state index is -3.29. The van der Waals surface area contributed by atoms with E-state index < -0.39 is 15.8 Å². The minimum absolute atomic E-state index is 0.0133. The van der Waals surface area contributed by atoms with Crippen molar-refractivity contribution in [3.63, 3.8) is 0 Å². The van der Waals surface area contributed by atoms with Gasteiger partial charge in [0.05, 0.1) is 30.2 Å². The maximum Gasteiger partial charge on any atom is 0.230 e. The Morgan fingerprint density at radius 1 is 1.12 bits per heavy atom. The molecule has 0 saturated heterocycles. The highest BCUT2D eigenvalue weighted by Gasteiger charge is 2.37. The molecule has 0 saturated carbocycles. The highest BCUT2D eigenvalue weighted by Crippen LogP contribution is 2.38. The van der Waals surface area contributed by atoms with E-state index in [9.17, 15) is 13.2 Å². The molecule has 2 aromatic carbocycles. The Hall–Kier alpha value is -2.34. The van der Waals surface area contributed by atoms with Crippen LogP contribution in [-0.2, 0) is 27.7 Å². The fraction of sp³-hybridized carbons (Fsp3) is 0.316. The van der Waals surface area contributed by atoms with Crippen molar-refractivity contribution < 1.29 is 17.9 Å². The molecule has 0 aliphatic carbocycles. The van der Waals surface area contributed by atoms with E-state index in [1.54, 1.807) is 36.3 Å². The van der Waals surface area contributed by atoms with E-state index in [0.717, 1.165) is 16.9 Å². The quantitative estimate of drug-likeness (QED) is 0.828. The Balaban J connectivity index is 1.65. The summed E-state index contributed by atoms with van der Waals surface area (Å²) in [5.74, 6) is 0.393. The van der Waals surface area contributed by atoms with Crippen LogP contribution in [0.15, 0.2) is 47.4 Å². The molecule has 6 heteroatoms. The summed E-state index contributed by atoms with van der Waals surface area (Å²) in [6.07, 6.45) is 0.335. The second-order valence-electron chi connectivity index (χ2n) is 6.49. The first-order valence-electron chi connectivity index (χ1n) is 8.26. The molecule has 0 radical (unpaired) electrons. The van der Waals surface area contributed by atoms with Crippen LogP contribution < -0.4 is 4.74 Å². The van der Waals surface area contributed by atoms with E-state index >= 15 is 0 Å². The molecule has 0 bridgehead atoms. The van der Waals surface area contributed by atoms with Crippen LogP contribution in [0.5, 0.6) is 5.75 Å². The van der Waals surface area contributed by atoms with Gasteiger partial charge in [0.1, 0.15) is 5.75 Å². The van der Waals surface area contributed by atoms with Crippen LogP contribution in [0.1, 0.15) is 29.0 Å². The zero-order valence-corrected chi connectivity index (χ0v) is 14.8. The first-order chi connectivity index (χ1) is 12.0. The Morgan fingerprint density at radius 3 is 2.72 bits per heavy atom. The predicted molar refractivity (Wildman–Crippen MR) is 93.1 cm³/mol. The second kappa shape index (κ2) is 5.88. The van der Waals surface area contributed by atoms with Crippen molar-refractivity contribution in [2.45, 2.75) is 30.3 Å². The van der Waals surface area contributed by atoms with Crippen molar-refractivity contribution in [2.75, 3.05) is 12.9 Å². The van der Waals surface area contributed by atoms with Crippen molar-refractivity contribution in [3.8, 4) is 5.75 Å².